The molecule has 196 valence electrons. The predicted molar refractivity (Wildman–Crippen MR) is 143 cm³/mol. The van der Waals surface area contributed by atoms with Gasteiger partial charge < -0.3 is 10.4 Å². The summed E-state index contributed by atoms with van der Waals surface area (Å²) in [5, 5.41) is 22.0. The molecule has 38 heavy (non-hydrogen) atoms. The Morgan fingerprint density at radius 1 is 1.13 bits per heavy atom. The van der Waals surface area contributed by atoms with Gasteiger partial charge in [0.1, 0.15) is 11.6 Å². The molecule has 1 amide bonds. The summed E-state index contributed by atoms with van der Waals surface area (Å²) in [6, 6.07) is 21.0. The number of nitrogens with zero attached hydrogens (tertiary/aromatic N) is 2. The summed E-state index contributed by atoms with van der Waals surface area (Å²) in [4.78, 5) is 25.4. The van der Waals surface area contributed by atoms with E-state index in [1.54, 1.807) is 42.5 Å². The second-order valence-corrected chi connectivity index (χ2v) is 11.6. The van der Waals surface area contributed by atoms with Crippen LogP contribution in [0.25, 0.3) is 11.1 Å². The highest BCUT2D eigenvalue weighted by Gasteiger charge is 2.50. The van der Waals surface area contributed by atoms with Gasteiger partial charge in [-0.2, -0.15) is 9.57 Å². The molecule has 4 rings (SSSR count). The standard InChI is InChI=1S/C28H26ClN3O5S/c1-28(14-5-15-32(28)38(36,37)23-8-4-7-22(29)17-23)27(35)31-25(26(33)34)16-19-10-12-20(13-11-19)24-9-3-2-6-21(24)18-30/h2-4,6-13,17,25H,5,14-16H2,1H3,(H,31,35)(H,33,34)/t25?,28-/m0/s1. The molecule has 2 N–H and O–H groups in total. The molecule has 8 nitrogen and oxygen atoms in total. The molecule has 1 saturated heterocycles. The van der Waals surface area contributed by atoms with Crippen LogP contribution in [-0.4, -0.2) is 47.8 Å². The molecule has 1 unspecified atom stereocenters. The molecule has 1 aliphatic heterocycles. The predicted octanol–water partition coefficient (Wildman–Crippen LogP) is 4.23. The third-order valence-corrected chi connectivity index (χ3v) is 9.05. The summed E-state index contributed by atoms with van der Waals surface area (Å²) in [5.74, 6) is -1.91. The Labute approximate surface area is 226 Å². The van der Waals surface area contributed by atoms with Crippen molar-refractivity contribution < 1.29 is 23.1 Å². The van der Waals surface area contributed by atoms with Crippen molar-refractivity contribution in [3.8, 4) is 17.2 Å². The van der Waals surface area contributed by atoms with E-state index in [2.05, 4.69) is 11.4 Å². The number of aliphatic carboxylic acids is 1. The molecule has 3 aromatic rings. The van der Waals surface area contributed by atoms with Gasteiger partial charge in [0.25, 0.3) is 0 Å². The molecule has 0 saturated carbocycles. The van der Waals surface area contributed by atoms with Crippen molar-refractivity contribution in [3.63, 3.8) is 0 Å². The highest BCUT2D eigenvalue weighted by atomic mass is 35.5. The van der Waals surface area contributed by atoms with E-state index in [-0.39, 0.29) is 29.3 Å². The molecule has 0 bridgehead atoms. The van der Waals surface area contributed by atoms with E-state index in [1.165, 1.54) is 25.1 Å². The second-order valence-electron chi connectivity index (χ2n) is 9.33. The van der Waals surface area contributed by atoms with E-state index in [0.717, 1.165) is 15.4 Å². The van der Waals surface area contributed by atoms with Crippen molar-refractivity contribution in [3.05, 3.63) is 88.9 Å². The third kappa shape index (κ3) is 5.43. The first kappa shape index (κ1) is 27.3. The minimum absolute atomic E-state index is 0.00161. The lowest BCUT2D eigenvalue weighted by Gasteiger charge is -2.34. The number of nitriles is 1. The maximum atomic E-state index is 13.4. The summed E-state index contributed by atoms with van der Waals surface area (Å²) in [6.07, 6.45) is 0.698. The van der Waals surface area contributed by atoms with Crippen LogP contribution in [0.5, 0.6) is 0 Å². The number of nitrogens with one attached hydrogen (secondary N) is 1. The first-order valence-corrected chi connectivity index (χ1v) is 13.8. The Kier molecular flexibility index (Phi) is 7.88. The summed E-state index contributed by atoms with van der Waals surface area (Å²) < 4.78 is 27.9. The minimum Gasteiger partial charge on any atom is -0.480 e. The average Bonchev–Trinajstić information content (AvgIpc) is 3.32. The quantitative estimate of drug-likeness (QED) is 0.431. The van der Waals surface area contributed by atoms with Gasteiger partial charge in [0.2, 0.25) is 15.9 Å². The van der Waals surface area contributed by atoms with Crippen LogP contribution in [0.1, 0.15) is 30.9 Å². The van der Waals surface area contributed by atoms with Crippen LogP contribution in [0, 0.1) is 11.3 Å². The lowest BCUT2D eigenvalue weighted by molar-refractivity contribution is -0.143. The fourth-order valence-corrected chi connectivity index (χ4v) is 6.82. The highest BCUT2D eigenvalue weighted by Crippen LogP contribution is 2.35. The molecular weight excluding hydrogens is 526 g/mol. The summed E-state index contributed by atoms with van der Waals surface area (Å²) in [5.41, 5.74) is 1.30. The monoisotopic (exact) mass is 551 g/mol. The number of hydrogen-bond acceptors (Lipinski definition) is 5. The SMILES string of the molecule is C[C@@]1(C(=O)NC(Cc2ccc(-c3ccccc3C#N)cc2)C(=O)O)CCCN1S(=O)(=O)c1cccc(Cl)c1. The fourth-order valence-electron chi connectivity index (χ4n) is 4.71. The number of sulfonamides is 1. The Balaban J connectivity index is 1.53. The van der Waals surface area contributed by atoms with E-state index in [0.29, 0.717) is 17.5 Å². The molecule has 0 spiro atoms. The molecule has 10 heteroatoms. The number of rotatable bonds is 8. The normalized spacial score (nSPS) is 18.4. The number of carboxylic acid groups (broad SMARTS) is 1. The zero-order chi connectivity index (χ0) is 27.5. The van der Waals surface area contributed by atoms with Crippen molar-refractivity contribution in [2.24, 2.45) is 0 Å². The van der Waals surface area contributed by atoms with Gasteiger partial charge in [0, 0.05) is 18.0 Å². The van der Waals surface area contributed by atoms with Crippen LogP contribution in [-0.2, 0) is 26.0 Å². The fraction of sp³-hybridized carbons (Fsp3) is 0.250. The number of hydrogen-bond donors (Lipinski definition) is 2. The smallest absolute Gasteiger partial charge is 0.326 e. The van der Waals surface area contributed by atoms with Crippen LogP contribution in [0.4, 0.5) is 0 Å². The Morgan fingerprint density at radius 2 is 1.84 bits per heavy atom. The van der Waals surface area contributed by atoms with Crippen molar-refractivity contribution in [2.75, 3.05) is 6.54 Å². The van der Waals surface area contributed by atoms with Gasteiger partial charge in [-0.25, -0.2) is 13.2 Å². The summed E-state index contributed by atoms with van der Waals surface area (Å²) in [6.45, 7) is 1.64. The number of carbonyl (C=O) groups is 2. The average molecular weight is 552 g/mol. The minimum atomic E-state index is -4.05. The van der Waals surface area contributed by atoms with E-state index in [9.17, 15) is 28.4 Å². The molecule has 0 aliphatic carbocycles. The van der Waals surface area contributed by atoms with Gasteiger partial charge >= 0.3 is 5.97 Å². The van der Waals surface area contributed by atoms with Gasteiger partial charge in [-0.05, 0) is 60.7 Å². The number of benzene rings is 3. The summed E-state index contributed by atoms with van der Waals surface area (Å²) >= 11 is 5.99. The van der Waals surface area contributed by atoms with Gasteiger partial charge in [0.05, 0.1) is 16.5 Å². The first-order chi connectivity index (χ1) is 18.1. The molecule has 0 radical (unpaired) electrons. The zero-order valence-electron chi connectivity index (χ0n) is 20.6. The van der Waals surface area contributed by atoms with E-state index < -0.39 is 33.5 Å². The molecule has 3 aromatic carbocycles. The highest BCUT2D eigenvalue weighted by molar-refractivity contribution is 7.89. The van der Waals surface area contributed by atoms with Crippen molar-refractivity contribution in [1.82, 2.24) is 9.62 Å². The van der Waals surface area contributed by atoms with Crippen LogP contribution in [0.15, 0.2) is 77.7 Å². The lowest BCUT2D eigenvalue weighted by atomic mass is 9.96. The van der Waals surface area contributed by atoms with Crippen molar-refractivity contribution >= 4 is 33.5 Å². The van der Waals surface area contributed by atoms with Crippen LogP contribution in [0.2, 0.25) is 5.02 Å². The number of carbonyl (C=O) groups excluding carboxylic acids is 1. The Morgan fingerprint density at radius 3 is 2.50 bits per heavy atom. The molecular formula is C28H26ClN3O5S. The van der Waals surface area contributed by atoms with E-state index in [1.807, 2.05) is 12.1 Å². The largest absolute Gasteiger partial charge is 0.480 e. The van der Waals surface area contributed by atoms with Crippen LogP contribution < -0.4 is 5.32 Å². The van der Waals surface area contributed by atoms with Crippen molar-refractivity contribution in [2.45, 2.75) is 42.7 Å². The first-order valence-electron chi connectivity index (χ1n) is 12.0. The van der Waals surface area contributed by atoms with E-state index in [4.69, 9.17) is 11.6 Å². The maximum Gasteiger partial charge on any atom is 0.326 e. The molecule has 1 fully saturated rings. The maximum absolute atomic E-state index is 13.4. The molecule has 1 heterocycles. The Bertz CT molecular complexity index is 1520. The van der Waals surface area contributed by atoms with Crippen LogP contribution >= 0.6 is 11.6 Å². The van der Waals surface area contributed by atoms with Crippen molar-refractivity contribution in [1.29, 1.82) is 5.26 Å². The molecule has 1 aliphatic rings. The topological polar surface area (TPSA) is 128 Å². The van der Waals surface area contributed by atoms with Gasteiger partial charge in [0.15, 0.2) is 0 Å². The number of carboxylic acids is 1. The molecule has 0 aromatic heterocycles. The third-order valence-electron chi connectivity index (χ3n) is 6.80. The van der Waals surface area contributed by atoms with Gasteiger partial charge in [-0.15, -0.1) is 0 Å². The second kappa shape index (κ2) is 11.0. The van der Waals surface area contributed by atoms with Gasteiger partial charge in [-0.1, -0.05) is 60.1 Å². The number of halogens is 1. The lowest BCUT2D eigenvalue weighted by Crippen LogP contribution is -2.58. The zero-order valence-corrected chi connectivity index (χ0v) is 22.2. The van der Waals surface area contributed by atoms with E-state index >= 15 is 0 Å². The number of amides is 1. The van der Waals surface area contributed by atoms with Crippen LogP contribution in [0.3, 0.4) is 0 Å². The summed E-state index contributed by atoms with van der Waals surface area (Å²) in [7, 11) is -4.05. The Hall–Kier alpha value is -3.71. The van der Waals surface area contributed by atoms with Gasteiger partial charge in [-0.3, -0.25) is 4.79 Å². The molecule has 2 atom stereocenters.